The van der Waals surface area contributed by atoms with Gasteiger partial charge in [0.2, 0.25) is 0 Å². The summed E-state index contributed by atoms with van der Waals surface area (Å²) < 4.78 is 2.09. The average Bonchev–Trinajstić information content (AvgIpc) is 2.76. The molecule has 5 nitrogen and oxygen atoms in total. The van der Waals surface area contributed by atoms with E-state index in [1.807, 2.05) is 24.4 Å². The first kappa shape index (κ1) is 11.2. The second-order valence-corrected chi connectivity index (χ2v) is 4.60. The van der Waals surface area contributed by atoms with Gasteiger partial charge >= 0.3 is 0 Å². The first-order valence-electron chi connectivity index (χ1n) is 6.28. The van der Waals surface area contributed by atoms with Gasteiger partial charge in [0.15, 0.2) is 0 Å². The standard InChI is InChI=1S/C13H17N5/c1-2-5-15-13(3-1)16-8-11-7-14-9-12-4-6-17-18(12)10-11/h1-6,11,14H,7-10H2,(H,15,16). The van der Waals surface area contributed by atoms with Crippen LogP contribution in [0.5, 0.6) is 0 Å². The van der Waals surface area contributed by atoms with E-state index < -0.39 is 0 Å². The number of pyridine rings is 1. The van der Waals surface area contributed by atoms with Crippen molar-refractivity contribution in [3.05, 3.63) is 42.4 Å². The molecule has 1 aliphatic heterocycles. The van der Waals surface area contributed by atoms with E-state index in [0.717, 1.165) is 32.0 Å². The van der Waals surface area contributed by atoms with Crippen LogP contribution in [-0.4, -0.2) is 27.9 Å². The van der Waals surface area contributed by atoms with Crippen LogP contribution in [0, 0.1) is 5.92 Å². The zero-order valence-electron chi connectivity index (χ0n) is 10.2. The van der Waals surface area contributed by atoms with Gasteiger partial charge in [0, 0.05) is 44.5 Å². The highest BCUT2D eigenvalue weighted by Crippen LogP contribution is 2.10. The van der Waals surface area contributed by atoms with E-state index in [4.69, 9.17) is 0 Å². The Hall–Kier alpha value is -1.88. The molecule has 1 unspecified atom stereocenters. The van der Waals surface area contributed by atoms with Gasteiger partial charge in [-0.1, -0.05) is 6.07 Å². The molecular weight excluding hydrogens is 226 g/mol. The van der Waals surface area contributed by atoms with Crippen LogP contribution in [0.25, 0.3) is 0 Å². The molecule has 0 saturated carbocycles. The minimum Gasteiger partial charge on any atom is -0.370 e. The molecule has 0 aliphatic carbocycles. The van der Waals surface area contributed by atoms with E-state index in [1.54, 1.807) is 6.20 Å². The zero-order valence-corrected chi connectivity index (χ0v) is 10.2. The summed E-state index contributed by atoms with van der Waals surface area (Å²) in [5.74, 6) is 1.45. The fraction of sp³-hybridized carbons (Fsp3) is 0.385. The van der Waals surface area contributed by atoms with Crippen molar-refractivity contribution in [1.29, 1.82) is 0 Å². The predicted octanol–water partition coefficient (Wildman–Crippen LogP) is 1.11. The van der Waals surface area contributed by atoms with Crippen molar-refractivity contribution in [1.82, 2.24) is 20.1 Å². The zero-order chi connectivity index (χ0) is 12.2. The van der Waals surface area contributed by atoms with Crippen LogP contribution < -0.4 is 10.6 Å². The molecule has 94 valence electrons. The fourth-order valence-corrected chi connectivity index (χ4v) is 2.24. The second kappa shape index (κ2) is 5.18. The van der Waals surface area contributed by atoms with Crippen molar-refractivity contribution in [2.75, 3.05) is 18.4 Å². The molecule has 3 heterocycles. The Bertz CT molecular complexity index is 493. The first-order valence-corrected chi connectivity index (χ1v) is 6.28. The molecule has 1 aliphatic rings. The van der Waals surface area contributed by atoms with Crippen LogP contribution in [0.1, 0.15) is 5.69 Å². The van der Waals surface area contributed by atoms with E-state index in [-0.39, 0.29) is 0 Å². The smallest absolute Gasteiger partial charge is 0.125 e. The Morgan fingerprint density at radius 3 is 3.22 bits per heavy atom. The van der Waals surface area contributed by atoms with Gasteiger partial charge < -0.3 is 10.6 Å². The summed E-state index contributed by atoms with van der Waals surface area (Å²) in [6.07, 6.45) is 3.67. The largest absolute Gasteiger partial charge is 0.370 e. The van der Waals surface area contributed by atoms with Crippen LogP contribution in [0.4, 0.5) is 5.82 Å². The number of rotatable bonds is 3. The highest BCUT2D eigenvalue weighted by atomic mass is 15.3. The SMILES string of the molecule is c1ccc(NCC2CNCc3ccnn3C2)nc1. The van der Waals surface area contributed by atoms with Crippen LogP contribution in [0.3, 0.4) is 0 Å². The number of hydrogen-bond acceptors (Lipinski definition) is 4. The quantitative estimate of drug-likeness (QED) is 0.848. The van der Waals surface area contributed by atoms with Crippen molar-refractivity contribution < 1.29 is 0 Å². The Balaban J connectivity index is 1.61. The lowest BCUT2D eigenvalue weighted by molar-refractivity contribution is 0.438. The summed E-state index contributed by atoms with van der Waals surface area (Å²) in [5, 5.41) is 11.2. The fourth-order valence-electron chi connectivity index (χ4n) is 2.24. The average molecular weight is 243 g/mol. The van der Waals surface area contributed by atoms with Crippen LogP contribution in [0.2, 0.25) is 0 Å². The van der Waals surface area contributed by atoms with Crippen molar-refractivity contribution in [3.8, 4) is 0 Å². The lowest BCUT2D eigenvalue weighted by atomic mass is 10.1. The summed E-state index contributed by atoms with van der Waals surface area (Å²) >= 11 is 0. The maximum absolute atomic E-state index is 4.36. The molecule has 2 aromatic rings. The number of anilines is 1. The molecule has 2 aromatic heterocycles. The molecular formula is C13H17N5. The number of aromatic nitrogens is 3. The lowest BCUT2D eigenvalue weighted by Crippen LogP contribution is -2.27. The maximum atomic E-state index is 4.36. The van der Waals surface area contributed by atoms with Crippen molar-refractivity contribution in [2.24, 2.45) is 5.92 Å². The molecule has 0 fully saturated rings. The summed E-state index contributed by atoms with van der Waals surface area (Å²) in [7, 11) is 0. The van der Waals surface area contributed by atoms with Crippen molar-refractivity contribution in [3.63, 3.8) is 0 Å². The Morgan fingerprint density at radius 2 is 2.33 bits per heavy atom. The van der Waals surface area contributed by atoms with Crippen molar-refractivity contribution in [2.45, 2.75) is 13.1 Å². The molecule has 0 aromatic carbocycles. The van der Waals surface area contributed by atoms with E-state index in [0.29, 0.717) is 5.92 Å². The summed E-state index contributed by atoms with van der Waals surface area (Å²) in [6.45, 7) is 3.77. The van der Waals surface area contributed by atoms with Crippen LogP contribution in [-0.2, 0) is 13.1 Å². The Kier molecular flexibility index (Phi) is 3.23. The molecule has 0 amide bonds. The number of nitrogens with one attached hydrogen (secondary N) is 2. The lowest BCUT2D eigenvalue weighted by Gasteiger charge is -2.15. The van der Waals surface area contributed by atoms with Gasteiger partial charge in [0.25, 0.3) is 0 Å². The van der Waals surface area contributed by atoms with E-state index >= 15 is 0 Å². The van der Waals surface area contributed by atoms with Gasteiger partial charge in [-0.2, -0.15) is 5.10 Å². The minimum absolute atomic E-state index is 0.521. The summed E-state index contributed by atoms with van der Waals surface area (Å²) in [6, 6.07) is 7.98. The Morgan fingerprint density at radius 1 is 1.33 bits per heavy atom. The van der Waals surface area contributed by atoms with Crippen LogP contribution in [0.15, 0.2) is 36.7 Å². The summed E-state index contributed by atoms with van der Waals surface area (Å²) in [4.78, 5) is 4.27. The van der Waals surface area contributed by atoms with E-state index in [9.17, 15) is 0 Å². The third kappa shape index (κ3) is 2.51. The molecule has 5 heteroatoms. The minimum atomic E-state index is 0.521. The van der Waals surface area contributed by atoms with Gasteiger partial charge in [-0.25, -0.2) is 4.98 Å². The van der Waals surface area contributed by atoms with Gasteiger partial charge in [0.05, 0.1) is 5.69 Å². The molecule has 1 atom stereocenters. The van der Waals surface area contributed by atoms with Gasteiger partial charge in [-0.15, -0.1) is 0 Å². The highest BCUT2D eigenvalue weighted by Gasteiger charge is 2.16. The second-order valence-electron chi connectivity index (χ2n) is 4.60. The molecule has 0 spiro atoms. The van der Waals surface area contributed by atoms with Crippen molar-refractivity contribution >= 4 is 5.82 Å². The molecule has 0 radical (unpaired) electrons. The molecule has 3 rings (SSSR count). The van der Waals surface area contributed by atoms with Crippen LogP contribution >= 0.6 is 0 Å². The molecule has 0 saturated heterocycles. The van der Waals surface area contributed by atoms with Gasteiger partial charge in [-0.05, 0) is 18.2 Å². The number of fused-ring (bicyclic) bond motifs is 1. The third-order valence-electron chi connectivity index (χ3n) is 3.21. The Labute approximate surface area is 106 Å². The number of nitrogens with zero attached hydrogens (tertiary/aromatic N) is 3. The predicted molar refractivity (Wildman–Crippen MR) is 70.2 cm³/mol. The normalized spacial score (nSPS) is 19.0. The molecule has 0 bridgehead atoms. The molecule has 18 heavy (non-hydrogen) atoms. The van der Waals surface area contributed by atoms with Gasteiger partial charge in [0.1, 0.15) is 5.82 Å². The summed E-state index contributed by atoms with van der Waals surface area (Å²) in [5.41, 5.74) is 1.26. The monoisotopic (exact) mass is 243 g/mol. The van der Waals surface area contributed by atoms with E-state index in [1.165, 1.54) is 5.69 Å². The number of hydrogen-bond donors (Lipinski definition) is 2. The maximum Gasteiger partial charge on any atom is 0.125 e. The topological polar surface area (TPSA) is 54.8 Å². The van der Waals surface area contributed by atoms with Gasteiger partial charge in [-0.3, -0.25) is 4.68 Å². The molecule has 2 N–H and O–H groups in total. The third-order valence-corrected chi connectivity index (χ3v) is 3.21. The highest BCUT2D eigenvalue weighted by molar-refractivity contribution is 5.33. The first-order chi connectivity index (χ1) is 8.92. The van der Waals surface area contributed by atoms with E-state index in [2.05, 4.69) is 31.5 Å².